The van der Waals surface area contributed by atoms with Crippen LogP contribution < -0.4 is 5.32 Å². The van der Waals surface area contributed by atoms with Crippen LogP contribution in [0.2, 0.25) is 0 Å². The van der Waals surface area contributed by atoms with Crippen LogP contribution in [0.15, 0.2) is 0 Å². The molecule has 0 aromatic carbocycles. The first-order valence-electron chi connectivity index (χ1n) is 6.17. The van der Waals surface area contributed by atoms with Crippen molar-refractivity contribution >= 4 is 17.7 Å². The van der Waals surface area contributed by atoms with E-state index in [4.69, 9.17) is 9.84 Å². The van der Waals surface area contributed by atoms with Crippen LogP contribution >= 0.6 is 11.8 Å². The van der Waals surface area contributed by atoms with Gasteiger partial charge in [-0.3, -0.25) is 4.79 Å². The van der Waals surface area contributed by atoms with Gasteiger partial charge in [-0.05, 0) is 38.0 Å². The number of carbonyl (C=O) groups excluding carboxylic acids is 1. The molecule has 1 saturated carbocycles. The fourth-order valence-corrected chi connectivity index (χ4v) is 3.53. The summed E-state index contributed by atoms with van der Waals surface area (Å²) in [4.78, 5) is 11.9. The molecule has 2 atom stereocenters. The predicted octanol–water partition coefficient (Wildman–Crippen LogP) is 1.03. The third kappa shape index (κ3) is 3.36. The Bertz CT molecular complexity index is 250. The first-order chi connectivity index (χ1) is 8.21. The number of likely N-dealkylation sites (N-methyl/N-ethyl adjacent to an activating group) is 1. The van der Waals surface area contributed by atoms with Crippen molar-refractivity contribution in [3.63, 3.8) is 0 Å². The molecule has 5 heteroatoms. The van der Waals surface area contributed by atoms with E-state index in [1.807, 2.05) is 7.05 Å². The lowest BCUT2D eigenvalue weighted by molar-refractivity contribution is -0.150. The second kappa shape index (κ2) is 7.24. The van der Waals surface area contributed by atoms with Crippen molar-refractivity contribution in [3.8, 4) is 0 Å². The fraction of sp³-hybridized carbons (Fsp3) is 0.917. The van der Waals surface area contributed by atoms with Crippen molar-refractivity contribution in [1.82, 2.24) is 5.32 Å². The molecule has 0 amide bonds. The first-order valence-corrected chi connectivity index (χ1v) is 7.32. The molecule has 1 fully saturated rings. The number of thioether (sulfide) groups is 1. The smallest absolute Gasteiger partial charge is 0.326 e. The van der Waals surface area contributed by atoms with E-state index in [1.165, 1.54) is 7.11 Å². The highest BCUT2D eigenvalue weighted by atomic mass is 32.2. The number of nitrogens with one attached hydrogen (secondary N) is 1. The lowest BCUT2D eigenvalue weighted by Gasteiger charge is -2.32. The van der Waals surface area contributed by atoms with E-state index in [2.05, 4.69) is 5.32 Å². The zero-order chi connectivity index (χ0) is 12.7. The number of aliphatic hydroxyl groups excluding tert-OH is 1. The standard InChI is InChI=1S/C12H23NO3S/c1-13-12(11(15)16-2)6-3-4-10(12)5-8-17-9-7-14/h10,13-14H,3-9H2,1-2H3. The van der Waals surface area contributed by atoms with E-state index in [-0.39, 0.29) is 12.6 Å². The van der Waals surface area contributed by atoms with Gasteiger partial charge in [0.05, 0.1) is 13.7 Å². The molecule has 2 N–H and O–H groups in total. The van der Waals surface area contributed by atoms with Crippen molar-refractivity contribution in [2.75, 3.05) is 32.3 Å². The summed E-state index contributed by atoms with van der Waals surface area (Å²) in [5.41, 5.74) is -0.478. The van der Waals surface area contributed by atoms with Gasteiger partial charge in [-0.25, -0.2) is 0 Å². The van der Waals surface area contributed by atoms with Gasteiger partial charge in [0.15, 0.2) is 0 Å². The SMILES string of the molecule is CNC1(C(=O)OC)CCCC1CCSCCO. The molecule has 100 valence electrons. The van der Waals surface area contributed by atoms with E-state index in [0.29, 0.717) is 5.92 Å². The Morgan fingerprint density at radius 3 is 2.94 bits per heavy atom. The molecule has 0 aromatic rings. The van der Waals surface area contributed by atoms with Gasteiger partial charge in [-0.2, -0.15) is 11.8 Å². The molecule has 1 aliphatic rings. The second-order valence-electron chi connectivity index (χ2n) is 4.43. The van der Waals surface area contributed by atoms with Crippen molar-refractivity contribution in [3.05, 3.63) is 0 Å². The number of carbonyl (C=O) groups is 1. The second-order valence-corrected chi connectivity index (χ2v) is 5.65. The quantitative estimate of drug-likeness (QED) is 0.529. The van der Waals surface area contributed by atoms with E-state index < -0.39 is 5.54 Å². The summed E-state index contributed by atoms with van der Waals surface area (Å²) in [5, 5.41) is 11.9. The van der Waals surface area contributed by atoms with Crippen LogP contribution in [0, 0.1) is 5.92 Å². The summed E-state index contributed by atoms with van der Waals surface area (Å²) >= 11 is 1.74. The summed E-state index contributed by atoms with van der Waals surface area (Å²) in [6.45, 7) is 0.226. The van der Waals surface area contributed by atoms with Gasteiger partial charge in [0.2, 0.25) is 0 Å². The average Bonchev–Trinajstić information content (AvgIpc) is 2.78. The lowest BCUT2D eigenvalue weighted by Crippen LogP contribution is -2.53. The molecular weight excluding hydrogens is 238 g/mol. The number of rotatable bonds is 7. The Balaban J connectivity index is 2.53. The van der Waals surface area contributed by atoms with Crippen LogP contribution in [-0.4, -0.2) is 48.9 Å². The van der Waals surface area contributed by atoms with Crippen LogP contribution in [0.3, 0.4) is 0 Å². The Morgan fingerprint density at radius 1 is 1.59 bits per heavy atom. The summed E-state index contributed by atoms with van der Waals surface area (Å²) in [7, 11) is 3.30. The maximum Gasteiger partial charge on any atom is 0.326 e. The number of esters is 1. The van der Waals surface area contributed by atoms with Crippen LogP contribution in [0.25, 0.3) is 0 Å². The number of aliphatic hydroxyl groups is 1. The van der Waals surface area contributed by atoms with Gasteiger partial charge in [-0.1, -0.05) is 6.42 Å². The Morgan fingerprint density at radius 2 is 2.35 bits per heavy atom. The monoisotopic (exact) mass is 261 g/mol. The molecule has 4 nitrogen and oxygen atoms in total. The molecule has 1 aliphatic carbocycles. The van der Waals surface area contributed by atoms with Crippen molar-refractivity contribution in [1.29, 1.82) is 0 Å². The highest BCUT2D eigenvalue weighted by molar-refractivity contribution is 7.99. The fourth-order valence-electron chi connectivity index (χ4n) is 2.74. The van der Waals surface area contributed by atoms with Crippen molar-refractivity contribution in [2.45, 2.75) is 31.2 Å². The molecule has 2 unspecified atom stereocenters. The molecule has 0 aromatic heterocycles. The van der Waals surface area contributed by atoms with E-state index >= 15 is 0 Å². The van der Waals surface area contributed by atoms with Crippen molar-refractivity contribution in [2.24, 2.45) is 5.92 Å². The molecule has 17 heavy (non-hydrogen) atoms. The summed E-state index contributed by atoms with van der Waals surface area (Å²) in [6.07, 6.45) is 4.02. The van der Waals surface area contributed by atoms with Gasteiger partial charge in [0, 0.05) is 5.75 Å². The summed E-state index contributed by atoms with van der Waals surface area (Å²) < 4.78 is 4.94. The molecular formula is C12H23NO3S. The Kier molecular flexibility index (Phi) is 6.30. The summed E-state index contributed by atoms with van der Waals surface area (Å²) in [6, 6.07) is 0. The zero-order valence-corrected chi connectivity index (χ0v) is 11.5. The lowest BCUT2D eigenvalue weighted by atomic mass is 9.85. The Hall–Kier alpha value is -0.260. The molecule has 0 aliphatic heterocycles. The molecule has 0 bridgehead atoms. The minimum absolute atomic E-state index is 0.130. The third-order valence-electron chi connectivity index (χ3n) is 3.66. The Labute approximate surface area is 107 Å². The zero-order valence-electron chi connectivity index (χ0n) is 10.7. The third-order valence-corrected chi connectivity index (χ3v) is 4.66. The minimum atomic E-state index is -0.478. The number of ether oxygens (including phenoxy) is 1. The predicted molar refractivity (Wildman–Crippen MR) is 70.2 cm³/mol. The highest BCUT2D eigenvalue weighted by Crippen LogP contribution is 2.39. The van der Waals surface area contributed by atoms with E-state index in [9.17, 15) is 4.79 Å². The normalized spacial score (nSPS) is 28.3. The van der Waals surface area contributed by atoms with Crippen LogP contribution in [0.5, 0.6) is 0 Å². The molecule has 1 rings (SSSR count). The minimum Gasteiger partial charge on any atom is -0.468 e. The highest BCUT2D eigenvalue weighted by Gasteiger charge is 2.48. The van der Waals surface area contributed by atoms with Crippen molar-refractivity contribution < 1.29 is 14.6 Å². The average molecular weight is 261 g/mol. The van der Waals surface area contributed by atoms with Gasteiger partial charge >= 0.3 is 5.97 Å². The molecule has 0 spiro atoms. The largest absolute Gasteiger partial charge is 0.468 e. The van der Waals surface area contributed by atoms with Gasteiger partial charge in [0.25, 0.3) is 0 Å². The van der Waals surface area contributed by atoms with Crippen LogP contribution in [0.4, 0.5) is 0 Å². The van der Waals surface area contributed by atoms with Crippen LogP contribution in [0.1, 0.15) is 25.7 Å². The molecule has 0 saturated heterocycles. The number of methoxy groups -OCH3 is 1. The topological polar surface area (TPSA) is 58.6 Å². The van der Waals surface area contributed by atoms with Crippen LogP contribution in [-0.2, 0) is 9.53 Å². The van der Waals surface area contributed by atoms with Gasteiger partial charge < -0.3 is 15.2 Å². The summed E-state index contributed by atoms with van der Waals surface area (Å²) in [5.74, 6) is 1.99. The molecule has 0 heterocycles. The van der Waals surface area contributed by atoms with E-state index in [1.54, 1.807) is 11.8 Å². The number of hydrogen-bond acceptors (Lipinski definition) is 5. The van der Waals surface area contributed by atoms with Gasteiger partial charge in [-0.15, -0.1) is 0 Å². The maximum absolute atomic E-state index is 11.9. The van der Waals surface area contributed by atoms with E-state index in [0.717, 1.165) is 37.2 Å². The maximum atomic E-state index is 11.9. The first kappa shape index (κ1) is 14.8. The van der Waals surface area contributed by atoms with Gasteiger partial charge in [0.1, 0.15) is 5.54 Å². The number of hydrogen-bond donors (Lipinski definition) is 2. The molecule has 0 radical (unpaired) electrons.